The molecule has 5 aromatic rings. The zero-order chi connectivity index (χ0) is 41.8. The standard InChI is InChI=1S/C48H48N4O10.Ni/c1-11-43-45(61-27-23-57-19-15-53-13-17-55-21-25-59-43)29-33(1)47-39-7-3-35(49-39)31-37-5-9-41(51-37)48(42-10-6-38(52-42)32-36-4-8-40(47)50-36)34-2-12-44-46(30-34)62-28-24-58-20-16-54-14-18-56-22-26-60-44;/h1-12,29-32H,13-28H2;/q-2;+2. The Bertz CT molecular complexity index is 2380. The van der Waals surface area contributed by atoms with Crippen LogP contribution in [-0.4, -0.2) is 116 Å². The maximum Gasteiger partial charge on any atom is 2.00 e. The summed E-state index contributed by atoms with van der Waals surface area (Å²) in [6.45, 7) is 6.98. The number of aromatic nitrogens is 4. The number of nitrogens with zero attached hydrogens (tertiary/aromatic N) is 4. The summed E-state index contributed by atoms with van der Waals surface area (Å²) in [5.41, 5.74) is 9.45. The van der Waals surface area contributed by atoms with Crippen LogP contribution in [0.25, 0.3) is 68.6 Å². The van der Waals surface area contributed by atoms with Gasteiger partial charge in [0.1, 0.15) is 26.4 Å². The van der Waals surface area contributed by atoms with E-state index >= 15 is 0 Å². The van der Waals surface area contributed by atoms with Crippen molar-refractivity contribution in [3.05, 3.63) is 95.6 Å². The van der Waals surface area contributed by atoms with Gasteiger partial charge >= 0.3 is 16.5 Å². The molecule has 14 nitrogen and oxygen atoms in total. The van der Waals surface area contributed by atoms with Crippen LogP contribution >= 0.6 is 0 Å². The summed E-state index contributed by atoms with van der Waals surface area (Å²) >= 11 is 0. The normalized spacial score (nSPS) is 17.0. The second kappa shape index (κ2) is 22.2. The topological polar surface area (TPSA) is 146 Å². The predicted octanol–water partition coefficient (Wildman–Crippen LogP) is 6.89. The van der Waals surface area contributed by atoms with Crippen molar-refractivity contribution in [2.75, 3.05) is 106 Å². The maximum atomic E-state index is 6.26. The van der Waals surface area contributed by atoms with Gasteiger partial charge in [-0.1, -0.05) is 48.5 Å². The molecule has 330 valence electrons. The van der Waals surface area contributed by atoms with Crippen LogP contribution in [-0.2, 0) is 44.9 Å². The van der Waals surface area contributed by atoms with Crippen molar-refractivity contribution in [2.24, 2.45) is 0 Å². The molecule has 0 amide bonds. The molecule has 4 aliphatic heterocycles. The van der Waals surface area contributed by atoms with Gasteiger partial charge in [0.05, 0.1) is 102 Å². The number of hydrogen-bond donors (Lipinski definition) is 0. The first-order chi connectivity index (χ1) is 30.7. The SMILES string of the molecule is C1=Cc2nc1cc1ccc([n-]1)c(-c1ccc3c(c1)OCCOCCOCCOCCO3)c1nc(cc3ccc([n-]3)c2-c2ccc3c(c2)OCCOCCOCCOCCO3)C=C1.[Ni+2]. The first-order valence-electron chi connectivity index (χ1n) is 21.0. The van der Waals surface area contributed by atoms with Crippen LogP contribution < -0.4 is 28.9 Å². The van der Waals surface area contributed by atoms with E-state index in [1.165, 1.54) is 0 Å². The summed E-state index contributed by atoms with van der Waals surface area (Å²) in [5.74, 6) is 2.39. The molecule has 63 heavy (non-hydrogen) atoms. The van der Waals surface area contributed by atoms with Crippen LogP contribution in [0.15, 0.2) is 72.8 Å². The van der Waals surface area contributed by atoms with Crippen molar-refractivity contribution in [2.45, 2.75) is 0 Å². The van der Waals surface area contributed by atoms with Gasteiger partial charge in [0, 0.05) is 0 Å². The number of hydrogen-bond acceptors (Lipinski definition) is 12. The monoisotopic (exact) mass is 898 g/mol. The molecule has 0 spiro atoms. The number of benzene rings is 2. The number of ether oxygens (including phenoxy) is 10. The van der Waals surface area contributed by atoms with Crippen molar-refractivity contribution >= 4 is 46.4 Å². The Kier molecular flexibility index (Phi) is 15.6. The van der Waals surface area contributed by atoms with Gasteiger partial charge in [-0.3, -0.25) is 0 Å². The van der Waals surface area contributed by atoms with E-state index in [-0.39, 0.29) is 16.5 Å². The fourth-order valence-corrected chi connectivity index (χ4v) is 7.26. The van der Waals surface area contributed by atoms with Crippen LogP contribution in [0.5, 0.6) is 23.0 Å². The molecule has 0 radical (unpaired) electrons. The van der Waals surface area contributed by atoms with E-state index in [0.29, 0.717) is 129 Å². The third-order valence-electron chi connectivity index (χ3n) is 10.2. The average Bonchev–Trinajstić information content (AvgIpc) is 4.12. The van der Waals surface area contributed by atoms with E-state index in [2.05, 4.69) is 0 Å². The molecule has 3 aromatic heterocycles. The van der Waals surface area contributed by atoms with Gasteiger partial charge in [0.15, 0.2) is 23.0 Å². The third-order valence-corrected chi connectivity index (χ3v) is 10.2. The first kappa shape index (κ1) is 44.1. The van der Waals surface area contributed by atoms with Crippen LogP contribution in [0.2, 0.25) is 0 Å². The van der Waals surface area contributed by atoms with Crippen molar-refractivity contribution < 1.29 is 63.9 Å². The molecule has 0 atom stereocenters. The third kappa shape index (κ3) is 11.6. The molecule has 9 rings (SSSR count). The maximum absolute atomic E-state index is 6.26. The van der Waals surface area contributed by atoms with Gasteiger partial charge in [0.2, 0.25) is 0 Å². The molecule has 0 fully saturated rings. The average molecular weight is 900 g/mol. The molecule has 2 aromatic carbocycles. The van der Waals surface area contributed by atoms with Crippen molar-refractivity contribution in [1.82, 2.24) is 19.9 Å². The molecule has 4 aliphatic rings. The minimum absolute atomic E-state index is 0. The van der Waals surface area contributed by atoms with E-state index in [1.54, 1.807) is 0 Å². The first-order valence-corrected chi connectivity index (χ1v) is 21.0. The quantitative estimate of drug-likeness (QED) is 0.166. The molecular formula is C48H48N4NiO10. The Hall–Kier alpha value is -5.51. The molecule has 8 bridgehead atoms. The van der Waals surface area contributed by atoms with Crippen LogP contribution in [0.3, 0.4) is 0 Å². The van der Waals surface area contributed by atoms with Crippen molar-refractivity contribution in [3.8, 4) is 45.3 Å². The number of rotatable bonds is 2. The Morgan fingerprint density at radius 3 is 1.08 bits per heavy atom. The van der Waals surface area contributed by atoms with Gasteiger partial charge in [-0.05, 0) is 70.8 Å². The van der Waals surface area contributed by atoms with Gasteiger partial charge in [0.25, 0.3) is 0 Å². The summed E-state index contributed by atoms with van der Waals surface area (Å²) in [7, 11) is 0. The Morgan fingerprint density at radius 2 is 0.698 bits per heavy atom. The van der Waals surface area contributed by atoms with E-state index in [0.717, 1.165) is 67.1 Å². The van der Waals surface area contributed by atoms with Gasteiger partial charge in [-0.2, -0.15) is 0 Å². The Morgan fingerprint density at radius 1 is 0.349 bits per heavy atom. The fourth-order valence-electron chi connectivity index (χ4n) is 7.26. The molecule has 0 aliphatic carbocycles. The summed E-state index contributed by atoms with van der Waals surface area (Å²) in [6, 6.07) is 23.7. The van der Waals surface area contributed by atoms with Crippen molar-refractivity contribution in [1.29, 1.82) is 0 Å². The molecule has 0 saturated carbocycles. The molecule has 0 saturated heterocycles. The summed E-state index contributed by atoms with van der Waals surface area (Å²) < 4.78 is 58.7. The Balaban J connectivity index is 0.00000544. The van der Waals surface area contributed by atoms with Crippen molar-refractivity contribution in [3.63, 3.8) is 0 Å². The van der Waals surface area contributed by atoms with E-state index < -0.39 is 0 Å². The van der Waals surface area contributed by atoms with E-state index in [4.69, 9.17) is 67.3 Å². The predicted molar refractivity (Wildman–Crippen MR) is 235 cm³/mol. The minimum atomic E-state index is 0. The summed E-state index contributed by atoms with van der Waals surface area (Å²) in [4.78, 5) is 20.4. The minimum Gasteiger partial charge on any atom is -0.657 e. The molecular weight excluding hydrogens is 851 g/mol. The second-order valence-electron chi connectivity index (χ2n) is 14.5. The van der Waals surface area contributed by atoms with E-state index in [1.807, 2.05) is 97.1 Å². The zero-order valence-corrected chi connectivity index (χ0v) is 35.7. The van der Waals surface area contributed by atoms with E-state index in [9.17, 15) is 0 Å². The zero-order valence-electron chi connectivity index (χ0n) is 34.7. The molecule has 0 N–H and O–H groups in total. The smallest absolute Gasteiger partial charge is 0.657 e. The van der Waals surface area contributed by atoms with Crippen LogP contribution in [0.1, 0.15) is 22.8 Å². The fraction of sp³-hybridized carbons (Fsp3) is 0.333. The van der Waals surface area contributed by atoms with Crippen LogP contribution in [0.4, 0.5) is 0 Å². The van der Waals surface area contributed by atoms with Gasteiger partial charge in [-0.15, -0.1) is 22.1 Å². The largest absolute Gasteiger partial charge is 2.00 e. The molecule has 15 heteroatoms. The van der Waals surface area contributed by atoms with Gasteiger partial charge in [-0.25, -0.2) is 9.97 Å². The van der Waals surface area contributed by atoms with Crippen LogP contribution in [0, 0.1) is 0 Å². The Labute approximate surface area is 375 Å². The molecule has 7 heterocycles. The summed E-state index contributed by atoms with van der Waals surface area (Å²) in [6.07, 6.45) is 7.99. The second-order valence-corrected chi connectivity index (χ2v) is 14.5. The van der Waals surface area contributed by atoms with Gasteiger partial charge < -0.3 is 57.3 Å². The number of fused-ring (bicyclic) bond motifs is 10. The summed E-state index contributed by atoms with van der Waals surface area (Å²) in [5, 5.41) is 0. The molecule has 0 unspecified atom stereocenters.